The van der Waals surface area contributed by atoms with Crippen LogP contribution in [0.5, 0.6) is 0 Å². The predicted molar refractivity (Wildman–Crippen MR) is 141 cm³/mol. The van der Waals surface area contributed by atoms with Crippen LogP contribution < -0.4 is 14.9 Å². The molecule has 3 aromatic carbocycles. The minimum Gasteiger partial charge on any atom is -0.356 e. The molecule has 4 aromatic rings. The standard InChI is InChI=1S/C27H27N5O2S/c1-20-19-26(32-17-5-6-18-32)30-27(28-20)29-23-11-13-24(14-12-23)31-35(33,34)25-15-9-22(10-16-25)21-7-3-2-4-8-21/h2-4,7-16,19,31H,5-6,17-18H2,1H3,(H,28,29,30). The monoisotopic (exact) mass is 485 g/mol. The third-order valence-corrected chi connectivity index (χ3v) is 7.33. The van der Waals surface area contributed by atoms with E-state index in [-0.39, 0.29) is 4.90 Å². The molecule has 1 fully saturated rings. The van der Waals surface area contributed by atoms with Crippen LogP contribution in [0.1, 0.15) is 18.5 Å². The van der Waals surface area contributed by atoms with Gasteiger partial charge in [-0.05, 0) is 67.3 Å². The molecule has 0 saturated carbocycles. The first kappa shape index (κ1) is 22.9. The van der Waals surface area contributed by atoms with E-state index in [9.17, 15) is 8.42 Å². The molecule has 0 unspecified atom stereocenters. The minimum atomic E-state index is -3.71. The Morgan fingerprint density at radius 3 is 2.09 bits per heavy atom. The third-order valence-electron chi connectivity index (χ3n) is 5.94. The molecular formula is C27H27N5O2S. The molecule has 178 valence electrons. The van der Waals surface area contributed by atoms with Crippen LogP contribution >= 0.6 is 0 Å². The fourth-order valence-corrected chi connectivity index (χ4v) is 5.20. The fourth-order valence-electron chi connectivity index (χ4n) is 4.14. The van der Waals surface area contributed by atoms with Crippen LogP contribution in [-0.4, -0.2) is 31.5 Å². The van der Waals surface area contributed by atoms with Crippen molar-refractivity contribution in [3.8, 4) is 11.1 Å². The summed E-state index contributed by atoms with van der Waals surface area (Å²) in [6.07, 6.45) is 2.36. The van der Waals surface area contributed by atoms with Gasteiger partial charge in [-0.25, -0.2) is 13.4 Å². The van der Waals surface area contributed by atoms with E-state index in [1.54, 1.807) is 36.4 Å². The topological polar surface area (TPSA) is 87.2 Å². The molecular weight excluding hydrogens is 458 g/mol. The molecule has 1 aromatic heterocycles. The van der Waals surface area contributed by atoms with Gasteiger partial charge in [-0.2, -0.15) is 4.98 Å². The van der Waals surface area contributed by atoms with Gasteiger partial charge in [-0.3, -0.25) is 4.72 Å². The van der Waals surface area contributed by atoms with Crippen molar-refractivity contribution in [2.45, 2.75) is 24.7 Å². The lowest BCUT2D eigenvalue weighted by Crippen LogP contribution is -2.19. The number of aromatic nitrogens is 2. The van der Waals surface area contributed by atoms with Crippen LogP contribution in [0.2, 0.25) is 0 Å². The van der Waals surface area contributed by atoms with Crippen molar-refractivity contribution in [3.63, 3.8) is 0 Å². The molecule has 0 radical (unpaired) electrons. The van der Waals surface area contributed by atoms with E-state index >= 15 is 0 Å². The number of rotatable bonds is 7. The first-order chi connectivity index (χ1) is 17.0. The second kappa shape index (κ2) is 9.76. The summed E-state index contributed by atoms with van der Waals surface area (Å²) in [7, 11) is -3.71. The van der Waals surface area contributed by atoms with Crippen molar-refractivity contribution < 1.29 is 8.42 Å². The highest BCUT2D eigenvalue weighted by atomic mass is 32.2. The first-order valence-electron chi connectivity index (χ1n) is 11.6. The second-order valence-electron chi connectivity index (χ2n) is 8.58. The van der Waals surface area contributed by atoms with Gasteiger partial charge in [0.1, 0.15) is 5.82 Å². The number of hydrogen-bond acceptors (Lipinski definition) is 6. The number of benzene rings is 3. The van der Waals surface area contributed by atoms with E-state index in [1.165, 1.54) is 12.8 Å². The molecule has 35 heavy (non-hydrogen) atoms. The lowest BCUT2D eigenvalue weighted by atomic mass is 10.1. The summed E-state index contributed by atoms with van der Waals surface area (Å²) in [6.45, 7) is 3.98. The molecule has 0 spiro atoms. The van der Waals surface area contributed by atoms with Crippen molar-refractivity contribution in [1.29, 1.82) is 0 Å². The second-order valence-corrected chi connectivity index (χ2v) is 10.3. The molecule has 7 nitrogen and oxygen atoms in total. The van der Waals surface area contributed by atoms with Crippen LogP contribution in [0.25, 0.3) is 11.1 Å². The van der Waals surface area contributed by atoms with Gasteiger partial charge in [0, 0.05) is 36.2 Å². The van der Waals surface area contributed by atoms with Gasteiger partial charge in [0.15, 0.2) is 0 Å². The normalized spacial score (nSPS) is 13.6. The predicted octanol–water partition coefficient (Wildman–Crippen LogP) is 5.60. The zero-order valence-electron chi connectivity index (χ0n) is 19.5. The summed E-state index contributed by atoms with van der Waals surface area (Å²) < 4.78 is 28.4. The number of anilines is 4. The van der Waals surface area contributed by atoms with Gasteiger partial charge in [0.2, 0.25) is 5.95 Å². The highest BCUT2D eigenvalue weighted by Crippen LogP contribution is 2.25. The Bertz CT molecular complexity index is 1400. The maximum Gasteiger partial charge on any atom is 0.261 e. The fraction of sp³-hybridized carbons (Fsp3) is 0.185. The maximum absolute atomic E-state index is 12.9. The Morgan fingerprint density at radius 1 is 0.771 bits per heavy atom. The Kier molecular flexibility index (Phi) is 6.37. The van der Waals surface area contributed by atoms with Crippen molar-refractivity contribution >= 4 is 33.2 Å². The SMILES string of the molecule is Cc1cc(N2CCCC2)nc(Nc2ccc(NS(=O)(=O)c3ccc(-c4ccccc4)cc3)cc2)n1. The molecule has 2 heterocycles. The highest BCUT2D eigenvalue weighted by molar-refractivity contribution is 7.92. The minimum absolute atomic E-state index is 0.210. The molecule has 0 aliphatic carbocycles. The molecule has 1 aliphatic heterocycles. The summed E-state index contributed by atoms with van der Waals surface area (Å²) in [6, 6.07) is 25.8. The number of hydrogen-bond donors (Lipinski definition) is 2. The zero-order chi connectivity index (χ0) is 24.3. The number of nitrogens with one attached hydrogen (secondary N) is 2. The summed E-state index contributed by atoms with van der Waals surface area (Å²) in [5, 5.41) is 3.23. The summed E-state index contributed by atoms with van der Waals surface area (Å²) >= 11 is 0. The van der Waals surface area contributed by atoms with Gasteiger partial charge in [0.25, 0.3) is 10.0 Å². The molecule has 1 aliphatic rings. The lowest BCUT2D eigenvalue weighted by molar-refractivity contribution is 0.601. The quantitative estimate of drug-likeness (QED) is 0.354. The van der Waals surface area contributed by atoms with E-state index in [1.807, 2.05) is 55.5 Å². The van der Waals surface area contributed by atoms with Crippen LogP contribution in [0.3, 0.4) is 0 Å². The number of aryl methyl sites for hydroxylation is 1. The summed E-state index contributed by atoms with van der Waals surface area (Å²) in [5.74, 6) is 1.46. The van der Waals surface area contributed by atoms with Crippen molar-refractivity contribution in [2.24, 2.45) is 0 Å². The summed E-state index contributed by atoms with van der Waals surface area (Å²) in [5.41, 5.74) is 4.15. The molecule has 0 atom stereocenters. The maximum atomic E-state index is 12.9. The summed E-state index contributed by atoms with van der Waals surface area (Å²) in [4.78, 5) is 11.6. The average molecular weight is 486 g/mol. The van der Waals surface area contributed by atoms with Crippen molar-refractivity contribution in [3.05, 3.63) is 90.6 Å². The van der Waals surface area contributed by atoms with E-state index < -0.39 is 10.0 Å². The Labute approximate surface area is 205 Å². The molecule has 1 saturated heterocycles. The zero-order valence-corrected chi connectivity index (χ0v) is 20.3. The van der Waals surface area contributed by atoms with E-state index in [2.05, 4.69) is 24.9 Å². The van der Waals surface area contributed by atoms with E-state index in [0.717, 1.165) is 41.4 Å². The lowest BCUT2D eigenvalue weighted by Gasteiger charge is -2.17. The Balaban J connectivity index is 1.27. The largest absolute Gasteiger partial charge is 0.356 e. The van der Waals surface area contributed by atoms with Crippen molar-refractivity contribution in [2.75, 3.05) is 28.0 Å². The average Bonchev–Trinajstić information content (AvgIpc) is 3.41. The van der Waals surface area contributed by atoms with Crippen LogP contribution in [-0.2, 0) is 10.0 Å². The molecule has 5 rings (SSSR count). The van der Waals surface area contributed by atoms with Gasteiger partial charge >= 0.3 is 0 Å². The van der Waals surface area contributed by atoms with Gasteiger partial charge in [0.05, 0.1) is 4.90 Å². The van der Waals surface area contributed by atoms with Crippen LogP contribution in [0, 0.1) is 6.92 Å². The van der Waals surface area contributed by atoms with Gasteiger partial charge < -0.3 is 10.2 Å². The molecule has 2 N–H and O–H groups in total. The smallest absolute Gasteiger partial charge is 0.261 e. The van der Waals surface area contributed by atoms with Gasteiger partial charge in [-0.15, -0.1) is 0 Å². The third kappa shape index (κ3) is 5.44. The Hall–Kier alpha value is -3.91. The highest BCUT2D eigenvalue weighted by Gasteiger charge is 2.16. The van der Waals surface area contributed by atoms with E-state index in [4.69, 9.17) is 0 Å². The van der Waals surface area contributed by atoms with Crippen LogP contribution in [0.4, 0.5) is 23.1 Å². The molecule has 8 heteroatoms. The Morgan fingerprint density at radius 2 is 1.40 bits per heavy atom. The molecule has 0 bridgehead atoms. The first-order valence-corrected chi connectivity index (χ1v) is 13.1. The van der Waals surface area contributed by atoms with Crippen LogP contribution in [0.15, 0.2) is 89.8 Å². The number of sulfonamides is 1. The van der Waals surface area contributed by atoms with E-state index in [0.29, 0.717) is 11.6 Å². The van der Waals surface area contributed by atoms with Gasteiger partial charge in [-0.1, -0.05) is 42.5 Å². The number of nitrogens with zero attached hydrogens (tertiary/aromatic N) is 3. The van der Waals surface area contributed by atoms with Crippen molar-refractivity contribution in [1.82, 2.24) is 9.97 Å². The molecule has 0 amide bonds.